The van der Waals surface area contributed by atoms with Crippen molar-refractivity contribution in [2.24, 2.45) is 5.73 Å². The molecular weight excluding hydrogens is 338 g/mol. The largest absolute Gasteiger partial charge is 0.491 e. The quantitative estimate of drug-likeness (QED) is 0.832. The van der Waals surface area contributed by atoms with Gasteiger partial charge in [-0.25, -0.2) is 4.79 Å². The Hall–Kier alpha value is -2.32. The van der Waals surface area contributed by atoms with Gasteiger partial charge in [-0.1, -0.05) is 13.5 Å². The second-order valence-corrected chi connectivity index (χ2v) is 7.37. The number of aromatic nitrogens is 1. The SMILES string of the molecule is C=C1c2c(OC)c(=O)c(C(=O)O)cn2C[C@]2(N)O[C@H]3CC[C@](CC)(C3)N12. The molecule has 8 nitrogen and oxygen atoms in total. The minimum Gasteiger partial charge on any atom is -0.491 e. The Morgan fingerprint density at radius 1 is 1.58 bits per heavy atom. The summed E-state index contributed by atoms with van der Waals surface area (Å²) in [5, 5.41) is 9.36. The van der Waals surface area contributed by atoms with Gasteiger partial charge in [0.05, 0.1) is 25.5 Å². The Labute approximate surface area is 150 Å². The Morgan fingerprint density at radius 2 is 2.31 bits per heavy atom. The van der Waals surface area contributed by atoms with Crippen LogP contribution in [-0.4, -0.2) is 45.1 Å². The second-order valence-electron chi connectivity index (χ2n) is 7.37. The van der Waals surface area contributed by atoms with Crippen molar-refractivity contribution in [1.82, 2.24) is 9.47 Å². The van der Waals surface area contributed by atoms with E-state index in [1.165, 1.54) is 13.3 Å². The number of hydrogen-bond acceptors (Lipinski definition) is 6. The van der Waals surface area contributed by atoms with Gasteiger partial charge in [0.1, 0.15) is 11.3 Å². The number of carboxylic acids is 1. The van der Waals surface area contributed by atoms with Gasteiger partial charge >= 0.3 is 5.97 Å². The van der Waals surface area contributed by atoms with Crippen molar-refractivity contribution in [3.05, 3.63) is 34.3 Å². The fourth-order valence-corrected chi connectivity index (χ4v) is 4.96. The average Bonchev–Trinajstić information content (AvgIpc) is 2.92. The van der Waals surface area contributed by atoms with Crippen LogP contribution in [0.5, 0.6) is 5.75 Å². The number of nitrogens with two attached hydrogens (primary N) is 1. The van der Waals surface area contributed by atoms with E-state index in [9.17, 15) is 14.7 Å². The summed E-state index contributed by atoms with van der Waals surface area (Å²) in [4.78, 5) is 26.0. The molecule has 1 saturated heterocycles. The first kappa shape index (κ1) is 17.1. The van der Waals surface area contributed by atoms with Crippen LogP contribution >= 0.6 is 0 Å². The number of pyridine rings is 1. The van der Waals surface area contributed by atoms with E-state index in [1.54, 1.807) is 4.57 Å². The van der Waals surface area contributed by atoms with Crippen LogP contribution in [0.15, 0.2) is 17.6 Å². The molecule has 26 heavy (non-hydrogen) atoms. The van der Waals surface area contributed by atoms with E-state index in [2.05, 4.69) is 13.5 Å². The van der Waals surface area contributed by atoms with Gasteiger partial charge in [-0.05, 0) is 25.7 Å². The Balaban J connectivity index is 1.96. The first-order chi connectivity index (χ1) is 12.3. The summed E-state index contributed by atoms with van der Waals surface area (Å²) in [6.45, 7) is 6.51. The van der Waals surface area contributed by atoms with Crippen LogP contribution in [0.2, 0.25) is 0 Å². The van der Waals surface area contributed by atoms with Crippen molar-refractivity contribution in [3.8, 4) is 5.75 Å². The highest BCUT2D eigenvalue weighted by Gasteiger charge is 2.59. The molecule has 8 heteroatoms. The van der Waals surface area contributed by atoms with Crippen LogP contribution < -0.4 is 15.9 Å². The topological polar surface area (TPSA) is 107 Å². The van der Waals surface area contributed by atoms with Crippen molar-refractivity contribution in [3.63, 3.8) is 0 Å². The minimum absolute atomic E-state index is 0.0247. The highest BCUT2D eigenvalue weighted by atomic mass is 16.5. The second kappa shape index (κ2) is 5.34. The van der Waals surface area contributed by atoms with Crippen LogP contribution in [0.3, 0.4) is 0 Å². The number of ether oxygens (including phenoxy) is 2. The summed E-state index contributed by atoms with van der Waals surface area (Å²) in [6, 6.07) is 0. The molecule has 3 aliphatic rings. The summed E-state index contributed by atoms with van der Waals surface area (Å²) in [5.74, 6) is -2.46. The molecule has 0 aromatic carbocycles. The van der Waals surface area contributed by atoms with Crippen LogP contribution in [0.4, 0.5) is 0 Å². The lowest BCUT2D eigenvalue weighted by molar-refractivity contribution is -0.229. The molecule has 3 atom stereocenters. The molecular formula is C18H23N3O5. The summed E-state index contributed by atoms with van der Waals surface area (Å²) in [7, 11) is 1.36. The van der Waals surface area contributed by atoms with Crippen LogP contribution in [0.25, 0.3) is 5.70 Å². The summed E-state index contributed by atoms with van der Waals surface area (Å²) in [5.41, 5.74) is 6.46. The Kier molecular flexibility index (Phi) is 3.51. The third-order valence-corrected chi connectivity index (χ3v) is 6.03. The maximum Gasteiger partial charge on any atom is 0.341 e. The first-order valence-electron chi connectivity index (χ1n) is 8.77. The fourth-order valence-electron chi connectivity index (χ4n) is 4.96. The molecule has 140 valence electrons. The van der Waals surface area contributed by atoms with Gasteiger partial charge in [0.2, 0.25) is 11.3 Å². The molecule has 4 rings (SSSR count). The number of hydrogen-bond donors (Lipinski definition) is 2. The predicted molar refractivity (Wildman–Crippen MR) is 93.8 cm³/mol. The van der Waals surface area contributed by atoms with Gasteiger partial charge in [0.25, 0.3) is 0 Å². The number of rotatable bonds is 3. The lowest BCUT2D eigenvalue weighted by Gasteiger charge is -2.58. The maximum atomic E-state index is 12.6. The zero-order valence-corrected chi connectivity index (χ0v) is 14.9. The van der Waals surface area contributed by atoms with Gasteiger partial charge in [0.15, 0.2) is 5.75 Å². The van der Waals surface area contributed by atoms with E-state index in [0.29, 0.717) is 11.4 Å². The van der Waals surface area contributed by atoms with Crippen molar-refractivity contribution in [2.45, 2.75) is 56.6 Å². The summed E-state index contributed by atoms with van der Waals surface area (Å²) in [6.07, 6.45) is 4.98. The molecule has 0 spiro atoms. The average molecular weight is 361 g/mol. The molecule has 3 heterocycles. The molecule has 1 aromatic rings. The number of methoxy groups -OCH3 is 1. The molecule has 0 radical (unpaired) electrons. The Morgan fingerprint density at radius 3 is 2.92 bits per heavy atom. The van der Waals surface area contributed by atoms with E-state index in [-0.39, 0.29) is 29.5 Å². The zero-order chi connectivity index (χ0) is 18.9. The van der Waals surface area contributed by atoms with E-state index >= 15 is 0 Å². The Bertz CT molecular complexity index is 878. The van der Waals surface area contributed by atoms with E-state index in [4.69, 9.17) is 15.2 Å². The van der Waals surface area contributed by atoms with Crippen LogP contribution in [0, 0.1) is 0 Å². The number of carbonyl (C=O) groups is 1. The van der Waals surface area contributed by atoms with Gasteiger partial charge in [-0.3, -0.25) is 10.5 Å². The fraction of sp³-hybridized carbons (Fsp3) is 0.556. The monoisotopic (exact) mass is 361 g/mol. The smallest absolute Gasteiger partial charge is 0.341 e. The van der Waals surface area contributed by atoms with Crippen molar-refractivity contribution in [1.29, 1.82) is 0 Å². The van der Waals surface area contributed by atoms with Gasteiger partial charge in [-0.2, -0.15) is 0 Å². The zero-order valence-electron chi connectivity index (χ0n) is 14.9. The van der Waals surface area contributed by atoms with Crippen LogP contribution in [0.1, 0.15) is 48.7 Å². The summed E-state index contributed by atoms with van der Waals surface area (Å²) >= 11 is 0. The van der Waals surface area contributed by atoms with Crippen LogP contribution in [-0.2, 0) is 11.3 Å². The molecule has 2 aliphatic heterocycles. The predicted octanol–water partition coefficient (Wildman–Crippen LogP) is 1.19. The number of carboxylic acid groups (broad SMARTS) is 1. The maximum absolute atomic E-state index is 12.6. The van der Waals surface area contributed by atoms with Gasteiger partial charge in [-0.15, -0.1) is 0 Å². The lowest BCUT2D eigenvalue weighted by atomic mass is 9.87. The van der Waals surface area contributed by atoms with E-state index in [0.717, 1.165) is 25.7 Å². The van der Waals surface area contributed by atoms with Gasteiger partial charge < -0.3 is 24.0 Å². The molecule has 1 saturated carbocycles. The van der Waals surface area contributed by atoms with Gasteiger partial charge in [0, 0.05) is 11.7 Å². The number of nitrogens with zero attached hydrogens (tertiary/aromatic N) is 2. The molecule has 3 N–H and O–H groups in total. The minimum atomic E-state index is -1.31. The van der Waals surface area contributed by atoms with E-state index in [1.807, 2.05) is 4.90 Å². The molecule has 2 bridgehead atoms. The molecule has 0 unspecified atom stereocenters. The van der Waals surface area contributed by atoms with Crippen molar-refractivity contribution in [2.75, 3.05) is 7.11 Å². The standard InChI is InChI=1S/C18H23N3O5/c1-4-17-6-5-11(7-17)26-18(19)9-20-8-12(16(23)24)14(22)15(25-3)13(20)10(2)21(17)18/h8,11H,2,4-7,9,19H2,1,3H3,(H,23,24)/t11-,17+,18+/m0/s1. The summed E-state index contributed by atoms with van der Waals surface area (Å²) < 4.78 is 13.1. The molecule has 2 fully saturated rings. The third-order valence-electron chi connectivity index (χ3n) is 6.03. The van der Waals surface area contributed by atoms with Crippen molar-refractivity contribution < 1.29 is 19.4 Å². The molecule has 0 amide bonds. The van der Waals surface area contributed by atoms with Crippen molar-refractivity contribution >= 4 is 11.7 Å². The lowest BCUT2D eigenvalue weighted by Crippen LogP contribution is -2.71. The van der Waals surface area contributed by atoms with E-state index < -0.39 is 17.2 Å². The highest BCUT2D eigenvalue weighted by molar-refractivity contribution is 5.88. The normalized spacial score (nSPS) is 32.2. The first-order valence-corrected chi connectivity index (χ1v) is 8.77. The highest BCUT2D eigenvalue weighted by Crippen LogP contribution is 2.53. The number of fused-ring (bicyclic) bond motifs is 5. The molecule has 1 aromatic heterocycles. The molecule has 1 aliphatic carbocycles. The number of aromatic carboxylic acids is 1. The third kappa shape index (κ3) is 2.02.